The molecule has 2 aliphatic rings. The Balaban J connectivity index is 0.000000206. The number of nitrogens with zero attached hydrogens (tertiary/aromatic N) is 4. The average Bonchev–Trinajstić information content (AvgIpc) is 3.95. The molecule has 6 aromatic carbocycles. The number of para-hydroxylation sites is 3. The summed E-state index contributed by atoms with van der Waals surface area (Å²) in [5.41, 5.74) is 15.8. The first-order chi connectivity index (χ1) is 35.1. The standard InChI is InChI=1S/C43H42N3.C22H30NSi.Ir/c1-28(2)35-26-32(30-15-7-5-8-16-30)27-36(29(3)4)42(35)46-41-22-14-12-20-38(41)44-43(46)31-23-24-40-37(25-31)34-19-11-13-21-39(34)45(40)33-17-9-6-10-18-33;1-17-10-12-19(13-11-17)21-15-20(14-18-8-6-5-7-9-18)22(16-23-21)24(2,3)4;/h5,7-8,11-16,19-22,24-29,33H,6,9-10,17-18H2,1-4H3;10-12,15-16,18H,5-9,14H2,1-4H3;/q2*-1;/i;1D3;. The van der Waals surface area contributed by atoms with Crippen LogP contribution in [0.3, 0.4) is 0 Å². The Morgan fingerprint density at radius 2 is 1.30 bits per heavy atom. The van der Waals surface area contributed by atoms with Gasteiger partial charge in [-0.05, 0) is 111 Å². The van der Waals surface area contributed by atoms with Crippen LogP contribution < -0.4 is 5.19 Å². The summed E-state index contributed by atoms with van der Waals surface area (Å²) in [7, 11) is -1.47. The van der Waals surface area contributed by atoms with Crippen molar-refractivity contribution in [1.82, 2.24) is 19.1 Å². The van der Waals surface area contributed by atoms with E-state index in [1.807, 2.05) is 6.07 Å². The minimum absolute atomic E-state index is 0. The summed E-state index contributed by atoms with van der Waals surface area (Å²) < 4.78 is 27.6. The molecule has 367 valence electrons. The summed E-state index contributed by atoms with van der Waals surface area (Å²) in [6, 6.07) is 52.5. The molecule has 3 heterocycles. The molecule has 11 rings (SSSR count). The fourth-order valence-electron chi connectivity index (χ4n) is 11.6. The van der Waals surface area contributed by atoms with Crippen molar-refractivity contribution < 1.29 is 24.2 Å². The predicted octanol–water partition coefficient (Wildman–Crippen LogP) is 17.5. The minimum Gasteiger partial charge on any atom is -0.378 e. The van der Waals surface area contributed by atoms with Crippen molar-refractivity contribution >= 4 is 46.1 Å². The van der Waals surface area contributed by atoms with Crippen LogP contribution in [-0.2, 0) is 26.5 Å². The molecule has 2 fully saturated rings. The molecule has 0 atom stereocenters. The molecule has 0 aliphatic heterocycles. The third-order valence-corrected chi connectivity index (χ3v) is 17.3. The zero-order valence-corrected chi connectivity index (χ0v) is 46.3. The fourth-order valence-corrected chi connectivity index (χ4v) is 13.2. The van der Waals surface area contributed by atoms with E-state index >= 15 is 0 Å². The van der Waals surface area contributed by atoms with Crippen LogP contribution in [0.15, 0.2) is 134 Å². The number of imidazole rings is 1. The maximum Gasteiger partial charge on any atom is 0.0798 e. The van der Waals surface area contributed by atoms with Gasteiger partial charge in [0.15, 0.2) is 0 Å². The number of hydrogen-bond acceptors (Lipinski definition) is 2. The third kappa shape index (κ3) is 10.6. The molecule has 9 aromatic rings. The molecule has 0 bridgehead atoms. The second kappa shape index (κ2) is 21.8. The summed E-state index contributed by atoms with van der Waals surface area (Å²) in [5.74, 6) is 2.38. The van der Waals surface area contributed by atoms with E-state index in [1.165, 1.54) is 125 Å². The Morgan fingerprint density at radius 3 is 1.96 bits per heavy atom. The molecule has 2 saturated carbocycles. The van der Waals surface area contributed by atoms with Crippen LogP contribution in [-0.4, -0.2) is 27.2 Å². The Labute approximate surface area is 443 Å². The van der Waals surface area contributed by atoms with Crippen LogP contribution in [0, 0.1) is 24.9 Å². The van der Waals surface area contributed by atoms with Gasteiger partial charge in [-0.15, -0.1) is 59.2 Å². The fraction of sp³-hybridized carbons (Fsp3) is 0.354. The van der Waals surface area contributed by atoms with E-state index in [0.717, 1.165) is 46.0 Å². The van der Waals surface area contributed by atoms with Crippen LogP contribution >= 0.6 is 0 Å². The second-order valence-corrected chi connectivity index (χ2v) is 27.0. The second-order valence-electron chi connectivity index (χ2n) is 21.9. The summed E-state index contributed by atoms with van der Waals surface area (Å²) >= 11 is 0. The van der Waals surface area contributed by atoms with Gasteiger partial charge >= 0.3 is 0 Å². The van der Waals surface area contributed by atoms with Crippen molar-refractivity contribution in [2.24, 2.45) is 5.92 Å². The molecular formula is C65H72IrN4Si-2. The SMILES string of the molecule is CC(C)c1cc(-c2ccccc2)cc(C(C)C)c1-n1c(-c2[c-]cc3c(c2)c2ccccc2n3C2CCCCC2)nc2ccccc21.[2H]C([2H])([2H])c1c[c-]c(-c2cc(CC3CCCCC3)c([Si](C)(C)C)cn2)cc1.[Ir]. The Bertz CT molecular complexity index is 3340. The van der Waals surface area contributed by atoms with E-state index in [2.05, 4.69) is 184 Å². The number of benzene rings is 6. The van der Waals surface area contributed by atoms with Gasteiger partial charge in [-0.25, -0.2) is 0 Å². The van der Waals surface area contributed by atoms with Crippen molar-refractivity contribution in [3.05, 3.63) is 168 Å². The van der Waals surface area contributed by atoms with E-state index in [9.17, 15) is 0 Å². The molecule has 6 heteroatoms. The predicted molar refractivity (Wildman–Crippen MR) is 301 cm³/mol. The van der Waals surface area contributed by atoms with Gasteiger partial charge in [0.2, 0.25) is 0 Å². The van der Waals surface area contributed by atoms with Gasteiger partial charge in [-0.1, -0.05) is 183 Å². The monoisotopic (exact) mass is 1130 g/mol. The van der Waals surface area contributed by atoms with Crippen LogP contribution in [0.2, 0.25) is 19.6 Å². The Kier molecular flexibility index (Phi) is 14.3. The molecule has 1 radical (unpaired) electrons. The number of fused-ring (bicyclic) bond motifs is 4. The van der Waals surface area contributed by atoms with E-state index in [-0.39, 0.29) is 20.1 Å². The van der Waals surface area contributed by atoms with Gasteiger partial charge in [0.1, 0.15) is 0 Å². The number of aryl methyl sites for hydroxylation is 1. The molecule has 0 spiro atoms. The van der Waals surface area contributed by atoms with E-state index < -0.39 is 14.9 Å². The van der Waals surface area contributed by atoms with Crippen molar-refractivity contribution in [1.29, 1.82) is 0 Å². The molecule has 3 aromatic heterocycles. The number of pyridine rings is 1. The van der Waals surface area contributed by atoms with Gasteiger partial charge in [0, 0.05) is 47.7 Å². The summed E-state index contributed by atoms with van der Waals surface area (Å²) in [6.45, 7) is 14.3. The van der Waals surface area contributed by atoms with Gasteiger partial charge in [-0.2, -0.15) is 0 Å². The zero-order chi connectivity index (χ0) is 51.0. The quantitative estimate of drug-likeness (QED) is 0.101. The normalized spacial score (nSPS) is 15.6. The van der Waals surface area contributed by atoms with Crippen LogP contribution in [0.5, 0.6) is 0 Å². The molecule has 0 unspecified atom stereocenters. The van der Waals surface area contributed by atoms with Crippen LogP contribution in [0.4, 0.5) is 0 Å². The van der Waals surface area contributed by atoms with Crippen LogP contribution in [0.1, 0.15) is 136 Å². The minimum atomic E-state index is -2.09. The summed E-state index contributed by atoms with van der Waals surface area (Å²) in [6.07, 6.45) is 16.4. The smallest absolute Gasteiger partial charge is 0.0798 e. The number of hydrogen-bond donors (Lipinski definition) is 0. The largest absolute Gasteiger partial charge is 0.378 e. The molecule has 0 N–H and O–H groups in total. The van der Waals surface area contributed by atoms with Crippen molar-refractivity contribution in [3.8, 4) is 39.5 Å². The third-order valence-electron chi connectivity index (χ3n) is 15.2. The van der Waals surface area contributed by atoms with E-state index in [1.54, 1.807) is 12.1 Å². The molecule has 0 saturated heterocycles. The zero-order valence-electron chi connectivity index (χ0n) is 45.9. The van der Waals surface area contributed by atoms with Gasteiger partial charge in [-0.3, -0.25) is 4.98 Å². The van der Waals surface area contributed by atoms with E-state index in [4.69, 9.17) is 14.1 Å². The van der Waals surface area contributed by atoms with Crippen molar-refractivity contribution in [3.63, 3.8) is 0 Å². The molecule has 4 nitrogen and oxygen atoms in total. The maximum absolute atomic E-state index is 7.52. The first kappa shape index (κ1) is 46.7. The first-order valence-electron chi connectivity index (χ1n) is 27.8. The van der Waals surface area contributed by atoms with Crippen molar-refractivity contribution in [2.75, 3.05) is 0 Å². The number of rotatable bonds is 10. The van der Waals surface area contributed by atoms with E-state index in [0.29, 0.717) is 23.4 Å². The molecule has 71 heavy (non-hydrogen) atoms. The topological polar surface area (TPSA) is 35.6 Å². The molecule has 0 amide bonds. The molecular weight excluding hydrogens is 1060 g/mol. The van der Waals surface area contributed by atoms with Gasteiger partial charge in [0.25, 0.3) is 0 Å². The summed E-state index contributed by atoms with van der Waals surface area (Å²) in [5, 5.41) is 4.07. The average molecular weight is 1130 g/mol. The number of aromatic nitrogens is 4. The molecule has 2 aliphatic carbocycles. The Morgan fingerprint density at radius 1 is 0.648 bits per heavy atom. The van der Waals surface area contributed by atoms with Crippen molar-refractivity contribution in [2.45, 2.75) is 143 Å². The van der Waals surface area contributed by atoms with Gasteiger partial charge < -0.3 is 14.1 Å². The van der Waals surface area contributed by atoms with Gasteiger partial charge in [0.05, 0.1) is 24.9 Å². The first-order valence-corrected chi connectivity index (χ1v) is 29.8. The maximum atomic E-state index is 7.52. The summed E-state index contributed by atoms with van der Waals surface area (Å²) in [4.78, 5) is 10.1. The van der Waals surface area contributed by atoms with Crippen LogP contribution in [0.25, 0.3) is 72.3 Å². The Hall–Kier alpha value is -5.39.